The van der Waals surface area contributed by atoms with Crippen LogP contribution in [0, 0.1) is 13.8 Å². The molecule has 0 amide bonds. The summed E-state index contributed by atoms with van der Waals surface area (Å²) in [5.41, 5.74) is 0.472. The molecular formula is C6H5O. The molecule has 0 N–H and O–H groups in total. The van der Waals surface area contributed by atoms with Gasteiger partial charge in [0.05, 0.1) is 6.26 Å². The molecule has 0 aromatic carbocycles. The van der Waals surface area contributed by atoms with E-state index < -0.39 is 0 Å². The van der Waals surface area contributed by atoms with Crippen molar-refractivity contribution in [3.05, 3.63) is 30.6 Å². The molecule has 1 aromatic rings. The third-order valence-electron chi connectivity index (χ3n) is 0.859. The quantitative estimate of drug-likeness (QED) is 0.474. The average molecular weight is 93.1 g/mol. The molecule has 1 heteroatoms. The fourth-order valence-corrected chi connectivity index (χ4v) is 0.385. The highest BCUT2D eigenvalue weighted by atomic mass is 16.3. The number of rotatable bonds is 0. The van der Waals surface area contributed by atoms with Crippen LogP contribution >= 0.6 is 0 Å². The van der Waals surface area contributed by atoms with E-state index in [1.54, 1.807) is 13.0 Å². The molecule has 0 saturated heterocycles. The smallest absolute Gasteiger partial charge is 0.104 e. The fourth-order valence-electron chi connectivity index (χ4n) is 0.385. The summed E-state index contributed by atoms with van der Waals surface area (Å²) in [6.07, 6.45) is 1.51. The van der Waals surface area contributed by atoms with Gasteiger partial charge < -0.3 is 4.42 Å². The van der Waals surface area contributed by atoms with Crippen molar-refractivity contribution in [1.29, 1.82) is 0 Å². The van der Waals surface area contributed by atoms with Crippen molar-refractivity contribution in [1.82, 2.24) is 0 Å². The molecular weight excluding hydrogens is 88.1 g/mol. The molecule has 0 unspecified atom stereocenters. The van der Waals surface area contributed by atoms with Crippen LogP contribution in [0.4, 0.5) is 0 Å². The second-order valence-corrected chi connectivity index (χ2v) is 1.39. The van der Waals surface area contributed by atoms with Gasteiger partial charge in [0.2, 0.25) is 0 Å². The van der Waals surface area contributed by atoms with Crippen LogP contribution in [0.3, 0.4) is 0 Å². The van der Waals surface area contributed by atoms with E-state index in [0.29, 0.717) is 11.3 Å². The lowest BCUT2D eigenvalue weighted by molar-refractivity contribution is 0.533. The minimum absolute atomic E-state index is 0.472. The Hall–Kier alpha value is -0.720. The summed E-state index contributed by atoms with van der Waals surface area (Å²) in [5, 5.41) is 0. The summed E-state index contributed by atoms with van der Waals surface area (Å²) in [7, 11) is 0. The third kappa shape index (κ3) is 0.660. The average Bonchev–Trinajstić information content (AvgIpc) is 1.91. The van der Waals surface area contributed by atoms with Gasteiger partial charge in [-0.25, -0.2) is 0 Å². The maximum atomic E-state index is 7.01. The molecule has 0 aliphatic rings. The summed E-state index contributed by atoms with van der Waals surface area (Å²) >= 11 is 0. The van der Waals surface area contributed by atoms with Crippen LogP contribution in [0.2, 0.25) is 0 Å². The van der Waals surface area contributed by atoms with E-state index in [-0.39, 0.29) is 0 Å². The Morgan fingerprint density at radius 1 is 1.71 bits per heavy atom. The topological polar surface area (TPSA) is 13.1 Å². The molecule has 0 aliphatic heterocycles. The van der Waals surface area contributed by atoms with Gasteiger partial charge in [-0.3, -0.25) is 0 Å². The molecule has 1 aromatic heterocycles. The molecule has 1 rings (SSSR count). The van der Waals surface area contributed by atoms with Gasteiger partial charge in [0.25, 0.3) is 0 Å². The molecule has 0 fully saturated rings. The van der Waals surface area contributed by atoms with Gasteiger partial charge in [-0.1, -0.05) is 0 Å². The van der Waals surface area contributed by atoms with E-state index >= 15 is 0 Å². The lowest BCUT2D eigenvalue weighted by atomic mass is 10.3. The number of furan rings is 1. The zero-order chi connectivity index (χ0) is 5.28. The zero-order valence-electron chi connectivity index (χ0n) is 4.06. The monoisotopic (exact) mass is 93.0 g/mol. The van der Waals surface area contributed by atoms with Crippen LogP contribution in [0.15, 0.2) is 16.7 Å². The van der Waals surface area contributed by atoms with Gasteiger partial charge in [-0.15, -0.1) is 0 Å². The second-order valence-electron chi connectivity index (χ2n) is 1.39. The van der Waals surface area contributed by atoms with Gasteiger partial charge in [0.1, 0.15) is 5.76 Å². The van der Waals surface area contributed by atoms with E-state index in [1.807, 2.05) is 0 Å². The Kier molecular flexibility index (Phi) is 0.895. The van der Waals surface area contributed by atoms with Crippen molar-refractivity contribution >= 4 is 0 Å². The Labute approximate surface area is 43.0 Å². The highest BCUT2D eigenvalue weighted by Crippen LogP contribution is 2.04. The Bertz CT molecular complexity index is 136. The highest BCUT2D eigenvalue weighted by Gasteiger charge is 1.89. The van der Waals surface area contributed by atoms with Crippen molar-refractivity contribution in [2.75, 3.05) is 0 Å². The SMILES string of the molecule is [C]c1ccoc1C. The van der Waals surface area contributed by atoms with Crippen LogP contribution in [0.5, 0.6) is 0 Å². The van der Waals surface area contributed by atoms with Gasteiger partial charge >= 0.3 is 0 Å². The molecule has 35 valence electrons. The zero-order valence-corrected chi connectivity index (χ0v) is 4.06. The lowest BCUT2D eigenvalue weighted by Crippen LogP contribution is -1.63. The Balaban J connectivity index is 3.12. The molecule has 0 aliphatic carbocycles. The summed E-state index contributed by atoms with van der Waals surface area (Å²) in [6, 6.07) is 1.62. The molecule has 0 spiro atoms. The summed E-state index contributed by atoms with van der Waals surface area (Å²) < 4.78 is 4.78. The maximum absolute atomic E-state index is 7.01. The summed E-state index contributed by atoms with van der Waals surface area (Å²) in [6.45, 7) is 8.77. The van der Waals surface area contributed by atoms with Crippen LogP contribution in [-0.2, 0) is 0 Å². The van der Waals surface area contributed by atoms with E-state index in [4.69, 9.17) is 11.3 Å². The van der Waals surface area contributed by atoms with Crippen molar-refractivity contribution in [3.63, 3.8) is 0 Å². The Morgan fingerprint density at radius 2 is 2.43 bits per heavy atom. The third-order valence-corrected chi connectivity index (χ3v) is 0.859. The van der Waals surface area contributed by atoms with E-state index in [1.165, 1.54) is 6.26 Å². The first-order valence-electron chi connectivity index (χ1n) is 2.06. The van der Waals surface area contributed by atoms with Crippen LogP contribution in [0.1, 0.15) is 11.3 Å². The molecule has 1 heterocycles. The number of aryl methyl sites for hydroxylation is 1. The summed E-state index contributed by atoms with van der Waals surface area (Å²) in [4.78, 5) is 0. The first-order chi connectivity index (χ1) is 3.30. The van der Waals surface area contributed by atoms with Gasteiger partial charge in [-0.2, -0.15) is 0 Å². The minimum atomic E-state index is 0.472. The maximum Gasteiger partial charge on any atom is 0.104 e. The molecule has 3 radical (unpaired) electrons. The van der Waals surface area contributed by atoms with E-state index in [2.05, 4.69) is 0 Å². The first kappa shape index (κ1) is 4.44. The number of hydrogen-bond acceptors (Lipinski definition) is 1. The normalized spacial score (nSPS) is 9.43. The van der Waals surface area contributed by atoms with Crippen molar-refractivity contribution < 1.29 is 4.42 Å². The second kappa shape index (κ2) is 1.41. The molecule has 0 saturated carbocycles. The van der Waals surface area contributed by atoms with Crippen molar-refractivity contribution in [3.8, 4) is 0 Å². The predicted molar refractivity (Wildman–Crippen MR) is 25.8 cm³/mol. The van der Waals surface area contributed by atoms with Gasteiger partial charge in [0.15, 0.2) is 0 Å². The molecule has 7 heavy (non-hydrogen) atoms. The molecule has 0 bridgehead atoms. The summed E-state index contributed by atoms with van der Waals surface area (Å²) in [5.74, 6) is 0.681. The predicted octanol–water partition coefficient (Wildman–Crippen LogP) is 1.52. The number of hydrogen-bond donors (Lipinski definition) is 0. The minimum Gasteiger partial charge on any atom is -0.469 e. The van der Waals surface area contributed by atoms with Crippen LogP contribution < -0.4 is 0 Å². The van der Waals surface area contributed by atoms with Gasteiger partial charge in [0, 0.05) is 12.5 Å². The van der Waals surface area contributed by atoms with Crippen LogP contribution in [-0.4, -0.2) is 0 Å². The molecule has 0 atom stereocenters. The first-order valence-corrected chi connectivity index (χ1v) is 2.06. The van der Waals surface area contributed by atoms with E-state index in [9.17, 15) is 0 Å². The standard InChI is InChI=1S/C6H5O/c1-5-3-4-7-6(5)2/h3-4H,2H3. The highest BCUT2D eigenvalue weighted by molar-refractivity contribution is 5.17. The fraction of sp³-hybridized carbons (Fsp3) is 0.167. The van der Waals surface area contributed by atoms with Crippen molar-refractivity contribution in [2.24, 2.45) is 0 Å². The van der Waals surface area contributed by atoms with Crippen molar-refractivity contribution in [2.45, 2.75) is 6.92 Å². The van der Waals surface area contributed by atoms with Gasteiger partial charge in [-0.05, 0) is 13.0 Å². The largest absolute Gasteiger partial charge is 0.469 e. The van der Waals surface area contributed by atoms with E-state index in [0.717, 1.165) is 0 Å². The Morgan fingerprint density at radius 3 is 2.57 bits per heavy atom. The molecule has 1 nitrogen and oxygen atoms in total. The van der Waals surface area contributed by atoms with Crippen LogP contribution in [0.25, 0.3) is 0 Å². The lowest BCUT2D eigenvalue weighted by Gasteiger charge is -1.78.